The molecule has 1 aromatic rings. The van der Waals surface area contributed by atoms with Gasteiger partial charge in [0.2, 0.25) is 0 Å². The molecular weight excluding hydrogens is 225 g/mol. The predicted octanol–water partition coefficient (Wildman–Crippen LogP) is 2.21. The third kappa shape index (κ3) is 2.38. The van der Waals surface area contributed by atoms with Crippen molar-refractivity contribution >= 4 is 0 Å². The topological polar surface area (TPSA) is 38.7 Å². The molecule has 1 aromatic carbocycles. The van der Waals surface area contributed by atoms with Gasteiger partial charge in [0.05, 0.1) is 20.8 Å². The zero-order valence-corrected chi connectivity index (χ0v) is 8.76. The molecule has 0 heterocycles. The van der Waals surface area contributed by atoms with E-state index in [9.17, 15) is 13.2 Å². The largest absolute Gasteiger partial charge is 0.497 e. The molecule has 90 valence electrons. The van der Waals surface area contributed by atoms with Crippen molar-refractivity contribution < 1.29 is 27.8 Å². The van der Waals surface area contributed by atoms with Crippen LogP contribution >= 0.6 is 0 Å². The van der Waals surface area contributed by atoms with Crippen LogP contribution in [0.1, 0.15) is 11.1 Å². The lowest BCUT2D eigenvalue weighted by Gasteiger charge is -2.16. The summed E-state index contributed by atoms with van der Waals surface area (Å²) in [5.74, 6) is -0.354. The van der Waals surface area contributed by atoms with Crippen molar-refractivity contribution in [1.29, 1.82) is 0 Å². The first kappa shape index (κ1) is 12.6. The maximum atomic E-state index is 12.7. The van der Waals surface area contributed by atoms with Gasteiger partial charge in [0.1, 0.15) is 17.1 Å². The van der Waals surface area contributed by atoms with Crippen molar-refractivity contribution in [2.75, 3.05) is 14.2 Å². The van der Waals surface area contributed by atoms with Crippen LogP contribution in [-0.4, -0.2) is 19.3 Å². The highest BCUT2D eigenvalue weighted by atomic mass is 19.4. The van der Waals surface area contributed by atoms with Crippen molar-refractivity contribution in [3.63, 3.8) is 0 Å². The fourth-order valence-electron chi connectivity index (χ4n) is 1.35. The van der Waals surface area contributed by atoms with Crippen molar-refractivity contribution in [3.05, 3.63) is 23.3 Å². The summed E-state index contributed by atoms with van der Waals surface area (Å²) in [6, 6.07) is 2.13. The molecule has 1 rings (SSSR count). The summed E-state index contributed by atoms with van der Waals surface area (Å²) < 4.78 is 47.3. The van der Waals surface area contributed by atoms with E-state index in [1.54, 1.807) is 0 Å². The fourth-order valence-corrected chi connectivity index (χ4v) is 1.35. The van der Waals surface area contributed by atoms with E-state index < -0.39 is 18.3 Å². The molecule has 0 saturated carbocycles. The highest BCUT2D eigenvalue weighted by molar-refractivity contribution is 5.48. The number of ether oxygens (including phenoxy) is 2. The summed E-state index contributed by atoms with van der Waals surface area (Å²) in [5.41, 5.74) is -0.924. The second kappa shape index (κ2) is 4.61. The lowest BCUT2D eigenvalue weighted by atomic mass is 10.1. The number of benzene rings is 1. The Labute approximate surface area is 90.4 Å². The van der Waals surface area contributed by atoms with Crippen LogP contribution in [0.15, 0.2) is 12.1 Å². The average Bonchev–Trinajstić information content (AvgIpc) is 2.25. The summed E-state index contributed by atoms with van der Waals surface area (Å²) >= 11 is 0. The number of halogens is 3. The summed E-state index contributed by atoms with van der Waals surface area (Å²) in [6.45, 7) is -0.552. The molecule has 0 aliphatic rings. The van der Waals surface area contributed by atoms with E-state index in [1.807, 2.05) is 0 Å². The van der Waals surface area contributed by atoms with Crippen LogP contribution in [0.5, 0.6) is 11.5 Å². The normalized spacial score (nSPS) is 11.4. The van der Waals surface area contributed by atoms with Crippen LogP contribution in [0, 0.1) is 0 Å². The van der Waals surface area contributed by atoms with Gasteiger partial charge < -0.3 is 14.6 Å². The molecule has 0 aliphatic heterocycles. The second-order valence-corrected chi connectivity index (χ2v) is 3.02. The molecular formula is C10H11F3O3. The maximum absolute atomic E-state index is 12.7. The SMILES string of the molecule is COc1cc(CO)c(OC)c(C(F)(F)F)c1. The fraction of sp³-hybridized carbons (Fsp3) is 0.400. The number of hydrogen-bond donors (Lipinski definition) is 1. The van der Waals surface area contributed by atoms with Gasteiger partial charge >= 0.3 is 6.18 Å². The average molecular weight is 236 g/mol. The van der Waals surface area contributed by atoms with Gasteiger partial charge in [-0.05, 0) is 12.1 Å². The molecule has 0 aliphatic carbocycles. The summed E-state index contributed by atoms with van der Waals surface area (Å²) in [4.78, 5) is 0. The van der Waals surface area contributed by atoms with Gasteiger partial charge in [-0.2, -0.15) is 13.2 Å². The monoisotopic (exact) mass is 236 g/mol. The van der Waals surface area contributed by atoms with Crippen LogP contribution in [-0.2, 0) is 12.8 Å². The lowest BCUT2D eigenvalue weighted by Crippen LogP contribution is -2.10. The zero-order chi connectivity index (χ0) is 12.3. The Hall–Kier alpha value is -1.43. The number of aliphatic hydroxyl groups is 1. The minimum atomic E-state index is -4.55. The molecule has 3 nitrogen and oxygen atoms in total. The summed E-state index contributed by atoms with van der Waals surface area (Å²) in [7, 11) is 2.37. The van der Waals surface area contributed by atoms with Gasteiger partial charge in [-0.25, -0.2) is 0 Å². The smallest absolute Gasteiger partial charge is 0.420 e. The summed E-state index contributed by atoms with van der Waals surface area (Å²) in [5, 5.41) is 8.96. The van der Waals surface area contributed by atoms with Crippen molar-refractivity contribution in [3.8, 4) is 11.5 Å². The highest BCUT2D eigenvalue weighted by Gasteiger charge is 2.36. The van der Waals surface area contributed by atoms with E-state index in [2.05, 4.69) is 4.74 Å². The first-order valence-electron chi connectivity index (χ1n) is 4.37. The molecule has 0 unspecified atom stereocenters. The minimum Gasteiger partial charge on any atom is -0.497 e. The van der Waals surface area contributed by atoms with Crippen molar-refractivity contribution in [1.82, 2.24) is 0 Å². The van der Waals surface area contributed by atoms with E-state index in [-0.39, 0.29) is 17.1 Å². The van der Waals surface area contributed by atoms with Gasteiger partial charge in [0, 0.05) is 5.56 Å². The molecule has 0 atom stereocenters. The van der Waals surface area contributed by atoms with Gasteiger partial charge in [-0.3, -0.25) is 0 Å². The van der Waals surface area contributed by atoms with E-state index >= 15 is 0 Å². The van der Waals surface area contributed by atoms with Crippen LogP contribution in [0.25, 0.3) is 0 Å². The van der Waals surface area contributed by atoms with Crippen molar-refractivity contribution in [2.24, 2.45) is 0 Å². The first-order valence-corrected chi connectivity index (χ1v) is 4.37. The number of alkyl halides is 3. The molecule has 0 aromatic heterocycles. The number of methoxy groups -OCH3 is 2. The molecule has 0 spiro atoms. The molecule has 16 heavy (non-hydrogen) atoms. The minimum absolute atomic E-state index is 0.0252. The Kier molecular flexibility index (Phi) is 3.64. The highest BCUT2D eigenvalue weighted by Crippen LogP contribution is 2.40. The molecule has 0 fully saturated rings. The molecule has 0 amide bonds. The van der Waals surface area contributed by atoms with Crippen LogP contribution in [0.3, 0.4) is 0 Å². The third-order valence-corrected chi connectivity index (χ3v) is 2.05. The Balaban J connectivity index is 3.43. The molecule has 1 N–H and O–H groups in total. The van der Waals surface area contributed by atoms with Crippen LogP contribution in [0.4, 0.5) is 13.2 Å². The molecule has 0 bridgehead atoms. The van der Waals surface area contributed by atoms with Gasteiger partial charge in [0.15, 0.2) is 0 Å². The standard InChI is InChI=1S/C10H11F3O3/c1-15-7-3-6(5-14)9(16-2)8(4-7)10(11,12)13/h3-4,14H,5H2,1-2H3. The van der Waals surface area contributed by atoms with E-state index in [1.165, 1.54) is 13.2 Å². The summed E-state index contributed by atoms with van der Waals surface area (Å²) in [6.07, 6.45) is -4.55. The van der Waals surface area contributed by atoms with E-state index in [0.29, 0.717) is 0 Å². The number of rotatable bonds is 3. The molecule has 6 heteroatoms. The predicted molar refractivity (Wildman–Crippen MR) is 50.5 cm³/mol. The quantitative estimate of drug-likeness (QED) is 0.874. The van der Waals surface area contributed by atoms with E-state index in [0.717, 1.165) is 13.2 Å². The second-order valence-electron chi connectivity index (χ2n) is 3.02. The third-order valence-electron chi connectivity index (χ3n) is 2.05. The molecule has 0 saturated heterocycles. The van der Waals surface area contributed by atoms with Gasteiger partial charge in [-0.1, -0.05) is 0 Å². The maximum Gasteiger partial charge on any atom is 0.420 e. The van der Waals surface area contributed by atoms with Gasteiger partial charge in [-0.15, -0.1) is 0 Å². The van der Waals surface area contributed by atoms with E-state index in [4.69, 9.17) is 9.84 Å². The van der Waals surface area contributed by atoms with Crippen LogP contribution < -0.4 is 9.47 Å². The Morgan fingerprint density at radius 1 is 1.19 bits per heavy atom. The Bertz CT molecular complexity index is 374. The first-order chi connectivity index (χ1) is 7.43. The van der Waals surface area contributed by atoms with Crippen LogP contribution in [0.2, 0.25) is 0 Å². The lowest BCUT2D eigenvalue weighted by molar-refractivity contribution is -0.139. The van der Waals surface area contributed by atoms with Gasteiger partial charge in [0.25, 0.3) is 0 Å². The Morgan fingerprint density at radius 2 is 1.81 bits per heavy atom. The zero-order valence-electron chi connectivity index (χ0n) is 8.76. The Morgan fingerprint density at radius 3 is 2.19 bits per heavy atom. The van der Waals surface area contributed by atoms with Crippen molar-refractivity contribution in [2.45, 2.75) is 12.8 Å². The molecule has 0 radical (unpaired) electrons. The number of aliphatic hydroxyl groups excluding tert-OH is 1. The number of hydrogen-bond acceptors (Lipinski definition) is 3.